The Morgan fingerprint density at radius 3 is 2.19 bits per heavy atom. The van der Waals surface area contributed by atoms with Crippen LogP contribution >= 0.6 is 15.9 Å². The lowest BCUT2D eigenvalue weighted by molar-refractivity contribution is -0.142. The average molecular weight is 799 g/mol. The van der Waals surface area contributed by atoms with Crippen LogP contribution < -0.4 is 10.8 Å². The second-order valence-corrected chi connectivity index (χ2v) is 18.2. The summed E-state index contributed by atoms with van der Waals surface area (Å²) >= 11 is 3.33. The zero-order valence-corrected chi connectivity index (χ0v) is 32.4. The van der Waals surface area contributed by atoms with Crippen molar-refractivity contribution in [3.8, 4) is 5.75 Å². The Bertz CT molecular complexity index is 1720. The minimum atomic E-state index is -3.26. The minimum absolute atomic E-state index is 0.0266. The van der Waals surface area contributed by atoms with Gasteiger partial charge in [-0.1, -0.05) is 29.7 Å². The smallest absolute Gasteiger partial charge is 0.410 e. The third-order valence-corrected chi connectivity index (χ3v) is 14.3. The Morgan fingerprint density at radius 1 is 0.942 bits per heavy atom. The van der Waals surface area contributed by atoms with Gasteiger partial charge in [-0.3, -0.25) is 4.79 Å². The minimum Gasteiger partial charge on any atom is -0.507 e. The molecule has 4 heterocycles. The number of rotatable bonds is 8. The lowest BCUT2D eigenvalue weighted by Gasteiger charge is -2.41. The fourth-order valence-electron chi connectivity index (χ4n) is 8.18. The van der Waals surface area contributed by atoms with Gasteiger partial charge >= 0.3 is 12.1 Å². The topological polar surface area (TPSA) is 140 Å². The van der Waals surface area contributed by atoms with Crippen molar-refractivity contribution < 1.29 is 32.6 Å². The van der Waals surface area contributed by atoms with E-state index < -0.39 is 27.5 Å². The number of likely N-dealkylation sites (tertiary alicyclic amines) is 2. The van der Waals surface area contributed by atoms with Gasteiger partial charge in [0, 0.05) is 64.0 Å². The predicted octanol–water partition coefficient (Wildman–Crippen LogP) is 4.24. The Kier molecular flexibility index (Phi) is 12.1. The van der Waals surface area contributed by atoms with Crippen LogP contribution in [0.25, 0.3) is 0 Å². The average Bonchev–Trinajstić information content (AvgIpc) is 3.31. The van der Waals surface area contributed by atoms with E-state index in [1.807, 2.05) is 29.2 Å². The van der Waals surface area contributed by atoms with E-state index in [-0.39, 0.29) is 35.6 Å². The van der Waals surface area contributed by atoms with E-state index in [9.17, 15) is 27.9 Å². The molecular formula is C37H49BBrN5O7S. The van der Waals surface area contributed by atoms with Gasteiger partial charge in [0.05, 0.1) is 9.72 Å². The summed E-state index contributed by atoms with van der Waals surface area (Å²) < 4.78 is 33.3. The molecule has 3 saturated heterocycles. The molecule has 4 amide bonds. The molecule has 2 aromatic carbocycles. The highest BCUT2D eigenvalue weighted by molar-refractivity contribution is 9.10. The van der Waals surface area contributed by atoms with Crippen LogP contribution in [0, 0.1) is 11.8 Å². The number of phenolic OH excluding ortho intramolecular Hbond substituents is 1. The molecule has 0 spiro atoms. The SMILES string of the molecule is [B]c1cc(C[C@@H](OC(=O)N2CCC(N3CCc4ccccc4NC3=O)CC2)C(=O)N2CCC(C3CCN(S(=O)(=O)C(C)C)CC3)CC2)cc(Br)c1O. The van der Waals surface area contributed by atoms with Gasteiger partial charge in [0.25, 0.3) is 5.91 Å². The highest BCUT2D eigenvalue weighted by Gasteiger charge is 2.38. The number of phenols is 1. The first kappa shape index (κ1) is 38.4. The fraction of sp³-hybridized carbons (Fsp3) is 0.595. The van der Waals surface area contributed by atoms with Gasteiger partial charge in [-0.05, 0) is 110 Å². The Labute approximate surface area is 316 Å². The van der Waals surface area contributed by atoms with Crippen molar-refractivity contribution in [3.05, 3.63) is 52.0 Å². The molecule has 15 heteroatoms. The second-order valence-electron chi connectivity index (χ2n) is 14.8. The maximum absolute atomic E-state index is 14.1. The van der Waals surface area contributed by atoms with Crippen LogP contribution in [0.4, 0.5) is 15.3 Å². The van der Waals surface area contributed by atoms with Crippen molar-refractivity contribution in [1.82, 2.24) is 19.0 Å². The van der Waals surface area contributed by atoms with Crippen molar-refractivity contribution in [3.63, 3.8) is 0 Å². The van der Waals surface area contributed by atoms with Gasteiger partial charge in [0.2, 0.25) is 10.0 Å². The van der Waals surface area contributed by atoms with Gasteiger partial charge in [-0.15, -0.1) is 0 Å². The molecule has 0 aromatic heterocycles. The maximum atomic E-state index is 14.1. The second kappa shape index (κ2) is 16.4. The molecule has 2 aromatic rings. The van der Waals surface area contributed by atoms with Crippen LogP contribution in [0.2, 0.25) is 0 Å². The molecule has 2 N–H and O–H groups in total. The van der Waals surface area contributed by atoms with Gasteiger partial charge in [0.15, 0.2) is 6.10 Å². The normalized spacial score (nSPS) is 20.7. The summed E-state index contributed by atoms with van der Waals surface area (Å²) in [6, 6.07) is 10.9. The summed E-state index contributed by atoms with van der Waals surface area (Å²) in [6.45, 7) is 6.92. The number of ether oxygens (including phenoxy) is 1. The quantitative estimate of drug-likeness (QED) is 0.381. The first-order chi connectivity index (χ1) is 24.8. The summed E-state index contributed by atoms with van der Waals surface area (Å²) in [5, 5.41) is 12.8. The van der Waals surface area contributed by atoms with E-state index >= 15 is 0 Å². The first-order valence-corrected chi connectivity index (χ1v) is 20.8. The monoisotopic (exact) mass is 797 g/mol. The number of urea groups is 1. The molecule has 4 aliphatic rings. The number of aromatic hydroxyl groups is 1. The van der Waals surface area contributed by atoms with E-state index in [1.165, 1.54) is 0 Å². The number of carbonyl (C=O) groups is 3. The van der Waals surface area contributed by atoms with Gasteiger partial charge < -0.3 is 29.9 Å². The van der Waals surface area contributed by atoms with Crippen molar-refractivity contribution in [2.75, 3.05) is 51.1 Å². The van der Waals surface area contributed by atoms with Crippen LogP contribution in [0.15, 0.2) is 40.9 Å². The highest BCUT2D eigenvalue weighted by Crippen LogP contribution is 2.34. The molecule has 280 valence electrons. The van der Waals surface area contributed by atoms with Gasteiger partial charge in [0.1, 0.15) is 13.6 Å². The number of nitrogens with zero attached hydrogens (tertiary/aromatic N) is 4. The lowest BCUT2D eigenvalue weighted by Crippen LogP contribution is -2.52. The van der Waals surface area contributed by atoms with E-state index in [2.05, 4.69) is 21.2 Å². The Hall–Kier alpha value is -3.30. The van der Waals surface area contributed by atoms with Crippen LogP contribution in [-0.4, -0.2) is 122 Å². The van der Waals surface area contributed by atoms with Crippen molar-refractivity contribution in [2.24, 2.45) is 11.8 Å². The summed E-state index contributed by atoms with van der Waals surface area (Å²) in [6.07, 6.45) is 3.57. The lowest BCUT2D eigenvalue weighted by atomic mass is 9.79. The standard InChI is InChI=1S/C37H49BBrN5O7S/c1-24(2)52(49,50)43-18-9-27(10-19-43)26-7-14-41(15-8-26)35(46)33(23-25-21-30(38)34(45)31(39)22-25)51-37(48)42-16-12-29(13-17-42)44-20-11-28-5-3-4-6-32(28)40-36(44)47/h3-6,21-22,24,26-27,29,33,45H,7-20,23H2,1-2H3,(H,40,47)/t33-/m1/s1. The molecule has 0 saturated carbocycles. The number of sulfonamides is 1. The third-order valence-electron chi connectivity index (χ3n) is 11.4. The number of fused-ring (bicyclic) bond motifs is 1. The fourth-order valence-corrected chi connectivity index (χ4v) is 10.0. The van der Waals surface area contributed by atoms with Crippen LogP contribution in [-0.2, 0) is 32.4 Å². The van der Waals surface area contributed by atoms with Gasteiger partial charge in [-0.25, -0.2) is 22.3 Å². The number of piperidine rings is 3. The molecule has 12 nitrogen and oxygen atoms in total. The van der Waals surface area contributed by atoms with E-state index in [0.29, 0.717) is 80.5 Å². The van der Waals surface area contributed by atoms with Crippen molar-refractivity contribution >= 4 is 63.0 Å². The number of hydrogen-bond donors (Lipinski definition) is 2. The largest absolute Gasteiger partial charge is 0.507 e. The van der Waals surface area contributed by atoms with E-state index in [4.69, 9.17) is 12.6 Å². The Balaban J connectivity index is 1.06. The van der Waals surface area contributed by atoms with E-state index in [0.717, 1.165) is 43.4 Å². The van der Waals surface area contributed by atoms with Crippen molar-refractivity contribution in [2.45, 2.75) is 82.6 Å². The summed E-state index contributed by atoms with van der Waals surface area (Å²) in [4.78, 5) is 46.1. The molecule has 2 radical (unpaired) electrons. The molecule has 6 rings (SSSR count). The molecule has 3 fully saturated rings. The number of nitrogens with one attached hydrogen (secondary N) is 1. The Morgan fingerprint density at radius 2 is 1.56 bits per heavy atom. The molecule has 0 unspecified atom stereocenters. The molecule has 52 heavy (non-hydrogen) atoms. The van der Waals surface area contributed by atoms with Crippen LogP contribution in [0.5, 0.6) is 5.75 Å². The number of carbonyl (C=O) groups excluding carboxylic acids is 3. The maximum Gasteiger partial charge on any atom is 0.410 e. The molecule has 1 atom stereocenters. The van der Waals surface area contributed by atoms with Crippen LogP contribution in [0.3, 0.4) is 0 Å². The van der Waals surface area contributed by atoms with Crippen molar-refractivity contribution in [1.29, 1.82) is 0 Å². The predicted molar refractivity (Wildman–Crippen MR) is 203 cm³/mol. The number of hydrogen-bond acceptors (Lipinski definition) is 7. The number of para-hydroxylation sites is 1. The summed E-state index contributed by atoms with van der Waals surface area (Å²) in [5.74, 6) is 0.426. The number of amides is 4. The summed E-state index contributed by atoms with van der Waals surface area (Å²) in [7, 11) is 2.76. The van der Waals surface area contributed by atoms with Crippen LogP contribution in [0.1, 0.15) is 63.5 Å². The number of benzene rings is 2. The zero-order valence-electron chi connectivity index (χ0n) is 30.0. The van der Waals surface area contributed by atoms with Gasteiger partial charge in [-0.2, -0.15) is 0 Å². The third kappa shape index (κ3) is 8.57. The number of anilines is 1. The molecule has 0 bridgehead atoms. The first-order valence-electron chi connectivity index (χ1n) is 18.5. The summed E-state index contributed by atoms with van der Waals surface area (Å²) in [5.41, 5.74) is 2.72. The molecular weight excluding hydrogens is 749 g/mol. The number of halogens is 1. The highest BCUT2D eigenvalue weighted by atomic mass is 79.9. The van der Waals surface area contributed by atoms with E-state index in [1.54, 1.807) is 40.1 Å². The molecule has 4 aliphatic heterocycles. The molecule has 0 aliphatic carbocycles. The zero-order chi connectivity index (χ0) is 37.2.